The van der Waals surface area contributed by atoms with E-state index in [-0.39, 0.29) is 5.95 Å². The Morgan fingerprint density at radius 2 is 1.63 bits per heavy atom. The summed E-state index contributed by atoms with van der Waals surface area (Å²) in [6, 6.07) is 18.1. The molecule has 0 saturated heterocycles. The number of nitrogen functional groups attached to an aromatic ring is 2. The first kappa shape index (κ1) is 18.7. The molecule has 2 aromatic carbocycles. The number of anilines is 2. The maximum Gasteiger partial charge on any atom is 0.221 e. The molecule has 140 valence electrons. The Balaban J connectivity index is 1.37. The molecule has 1 heterocycles. The lowest BCUT2D eigenvalue weighted by Gasteiger charge is -2.09. The number of nitrogens with two attached hydrogens (primary N) is 2. The van der Waals surface area contributed by atoms with Crippen molar-refractivity contribution in [3.8, 4) is 5.75 Å². The van der Waals surface area contributed by atoms with Crippen LogP contribution in [0, 0.1) is 0 Å². The van der Waals surface area contributed by atoms with Gasteiger partial charge in [0.25, 0.3) is 0 Å². The normalized spacial score (nSPS) is 10.7. The maximum absolute atomic E-state index is 5.87. The molecule has 0 aliphatic rings. The molecule has 0 amide bonds. The molecule has 0 radical (unpaired) electrons. The topological polar surface area (TPSA) is 96.3 Å². The lowest BCUT2D eigenvalue weighted by Crippen LogP contribution is -2.04. The standard InChI is InChI=1S/C21H24N4O2/c22-20-18(14-24-21(23)25-20)13-16-7-9-19(10-8-16)27-12-4-11-26-15-17-5-2-1-3-6-17/h1-3,5-10,14H,4,11-13,15H2,(H4,22,23,24,25). The molecule has 3 rings (SSSR count). The molecule has 0 fully saturated rings. The third-order valence-corrected chi connectivity index (χ3v) is 4.05. The van der Waals surface area contributed by atoms with E-state index in [1.54, 1.807) is 6.20 Å². The number of rotatable bonds is 9. The Bertz CT molecular complexity index is 839. The van der Waals surface area contributed by atoms with Crippen molar-refractivity contribution in [2.75, 3.05) is 24.7 Å². The van der Waals surface area contributed by atoms with Crippen LogP contribution >= 0.6 is 0 Å². The van der Waals surface area contributed by atoms with Gasteiger partial charge in [0.1, 0.15) is 11.6 Å². The molecular weight excluding hydrogens is 340 g/mol. The van der Waals surface area contributed by atoms with Crippen LogP contribution in [0.3, 0.4) is 0 Å². The molecular formula is C21H24N4O2. The van der Waals surface area contributed by atoms with Crippen LogP contribution in [0.15, 0.2) is 60.8 Å². The molecule has 3 aromatic rings. The SMILES string of the molecule is Nc1ncc(Cc2ccc(OCCCOCc3ccccc3)cc2)c(N)n1. The lowest BCUT2D eigenvalue weighted by molar-refractivity contribution is 0.107. The Morgan fingerprint density at radius 1 is 0.852 bits per heavy atom. The summed E-state index contributed by atoms with van der Waals surface area (Å²) >= 11 is 0. The van der Waals surface area contributed by atoms with Gasteiger partial charge in [0.05, 0.1) is 19.8 Å². The molecule has 6 nitrogen and oxygen atoms in total. The van der Waals surface area contributed by atoms with Gasteiger partial charge in [-0.1, -0.05) is 42.5 Å². The molecule has 0 bridgehead atoms. The van der Waals surface area contributed by atoms with Gasteiger partial charge in [-0.2, -0.15) is 4.98 Å². The van der Waals surface area contributed by atoms with Crippen molar-refractivity contribution in [1.29, 1.82) is 0 Å². The highest BCUT2D eigenvalue weighted by Gasteiger charge is 2.04. The predicted octanol–water partition coefficient (Wildman–Crippen LogP) is 3.22. The zero-order valence-electron chi connectivity index (χ0n) is 15.2. The molecule has 1 aromatic heterocycles. The first-order valence-corrected chi connectivity index (χ1v) is 8.91. The predicted molar refractivity (Wildman–Crippen MR) is 106 cm³/mol. The van der Waals surface area contributed by atoms with Gasteiger partial charge in [0, 0.05) is 24.6 Å². The van der Waals surface area contributed by atoms with Crippen LogP contribution in [0.5, 0.6) is 5.75 Å². The van der Waals surface area contributed by atoms with E-state index in [9.17, 15) is 0 Å². The van der Waals surface area contributed by atoms with E-state index in [1.807, 2.05) is 42.5 Å². The Kier molecular flexibility index (Phi) is 6.60. The molecule has 0 atom stereocenters. The van der Waals surface area contributed by atoms with Crippen molar-refractivity contribution < 1.29 is 9.47 Å². The molecule has 0 saturated carbocycles. The molecule has 0 aliphatic carbocycles. The maximum atomic E-state index is 5.87. The summed E-state index contributed by atoms with van der Waals surface area (Å²) in [4.78, 5) is 7.97. The number of hydrogen-bond donors (Lipinski definition) is 2. The van der Waals surface area contributed by atoms with Crippen LogP contribution in [0.1, 0.15) is 23.1 Å². The van der Waals surface area contributed by atoms with Crippen LogP contribution in [-0.2, 0) is 17.8 Å². The van der Waals surface area contributed by atoms with Crippen molar-refractivity contribution in [3.63, 3.8) is 0 Å². The minimum atomic E-state index is 0.188. The smallest absolute Gasteiger partial charge is 0.221 e. The number of nitrogens with zero attached hydrogens (tertiary/aromatic N) is 2. The number of hydrogen-bond acceptors (Lipinski definition) is 6. The fourth-order valence-corrected chi connectivity index (χ4v) is 2.61. The zero-order valence-corrected chi connectivity index (χ0v) is 15.2. The summed E-state index contributed by atoms with van der Waals surface area (Å²) in [6.07, 6.45) is 3.16. The van der Waals surface area contributed by atoms with Crippen LogP contribution in [0.4, 0.5) is 11.8 Å². The van der Waals surface area contributed by atoms with Crippen molar-refractivity contribution in [1.82, 2.24) is 9.97 Å². The summed E-state index contributed by atoms with van der Waals surface area (Å²) in [5.74, 6) is 1.44. The fraction of sp³-hybridized carbons (Fsp3) is 0.238. The van der Waals surface area contributed by atoms with Crippen molar-refractivity contribution in [2.45, 2.75) is 19.4 Å². The van der Waals surface area contributed by atoms with Crippen LogP contribution in [0.2, 0.25) is 0 Å². The summed E-state index contributed by atoms with van der Waals surface area (Å²) in [5.41, 5.74) is 14.5. The van der Waals surface area contributed by atoms with E-state index >= 15 is 0 Å². The highest BCUT2D eigenvalue weighted by Crippen LogP contribution is 2.18. The third kappa shape index (κ3) is 5.97. The molecule has 0 unspecified atom stereocenters. The molecule has 0 aliphatic heterocycles. The quantitative estimate of drug-likeness (QED) is 0.566. The van der Waals surface area contributed by atoms with E-state index in [1.165, 1.54) is 5.56 Å². The van der Waals surface area contributed by atoms with E-state index in [0.29, 0.717) is 32.1 Å². The van der Waals surface area contributed by atoms with Gasteiger partial charge in [-0.3, -0.25) is 0 Å². The number of benzene rings is 2. The molecule has 4 N–H and O–H groups in total. The van der Waals surface area contributed by atoms with Crippen LogP contribution in [0.25, 0.3) is 0 Å². The summed E-state index contributed by atoms with van der Waals surface area (Å²) < 4.78 is 11.4. The van der Waals surface area contributed by atoms with Gasteiger partial charge in [-0.15, -0.1) is 0 Å². The number of ether oxygens (including phenoxy) is 2. The van der Waals surface area contributed by atoms with E-state index < -0.39 is 0 Å². The van der Waals surface area contributed by atoms with Crippen molar-refractivity contribution in [3.05, 3.63) is 77.5 Å². The minimum Gasteiger partial charge on any atom is -0.494 e. The third-order valence-electron chi connectivity index (χ3n) is 4.05. The molecule has 0 spiro atoms. The van der Waals surface area contributed by atoms with E-state index in [0.717, 1.165) is 23.3 Å². The van der Waals surface area contributed by atoms with Gasteiger partial charge >= 0.3 is 0 Å². The highest BCUT2D eigenvalue weighted by molar-refractivity contribution is 5.44. The van der Waals surface area contributed by atoms with Gasteiger partial charge in [-0.25, -0.2) is 4.98 Å². The second-order valence-electron chi connectivity index (χ2n) is 6.20. The lowest BCUT2D eigenvalue weighted by atomic mass is 10.1. The second kappa shape index (κ2) is 9.54. The number of aromatic nitrogens is 2. The van der Waals surface area contributed by atoms with Crippen molar-refractivity contribution >= 4 is 11.8 Å². The average molecular weight is 364 g/mol. The minimum absolute atomic E-state index is 0.188. The summed E-state index contributed by atoms with van der Waals surface area (Å²) in [6.45, 7) is 1.92. The van der Waals surface area contributed by atoms with Gasteiger partial charge in [-0.05, 0) is 23.3 Å². The second-order valence-corrected chi connectivity index (χ2v) is 6.20. The monoisotopic (exact) mass is 364 g/mol. The molecule has 6 heteroatoms. The van der Waals surface area contributed by atoms with Gasteiger partial charge in [0.15, 0.2) is 0 Å². The van der Waals surface area contributed by atoms with Gasteiger partial charge < -0.3 is 20.9 Å². The first-order valence-electron chi connectivity index (χ1n) is 8.91. The summed E-state index contributed by atoms with van der Waals surface area (Å²) in [5, 5.41) is 0. The fourth-order valence-electron chi connectivity index (χ4n) is 2.61. The first-order chi connectivity index (χ1) is 13.2. The van der Waals surface area contributed by atoms with Crippen molar-refractivity contribution in [2.24, 2.45) is 0 Å². The van der Waals surface area contributed by atoms with Crippen LogP contribution in [-0.4, -0.2) is 23.2 Å². The van der Waals surface area contributed by atoms with E-state index in [4.69, 9.17) is 20.9 Å². The van der Waals surface area contributed by atoms with E-state index in [2.05, 4.69) is 22.1 Å². The Labute approximate surface area is 159 Å². The molecule has 27 heavy (non-hydrogen) atoms. The van der Waals surface area contributed by atoms with Crippen LogP contribution < -0.4 is 16.2 Å². The average Bonchev–Trinajstić information content (AvgIpc) is 2.69. The largest absolute Gasteiger partial charge is 0.494 e. The Morgan fingerprint density at radius 3 is 2.37 bits per heavy atom. The van der Waals surface area contributed by atoms with Gasteiger partial charge in [0.2, 0.25) is 5.95 Å². The summed E-state index contributed by atoms with van der Waals surface area (Å²) in [7, 11) is 0. The Hall–Kier alpha value is -3.12. The highest BCUT2D eigenvalue weighted by atomic mass is 16.5. The zero-order chi connectivity index (χ0) is 18.9.